The van der Waals surface area contributed by atoms with Crippen molar-refractivity contribution in [1.82, 2.24) is 20.1 Å². The van der Waals surface area contributed by atoms with Gasteiger partial charge in [-0.3, -0.25) is 19.3 Å². The molecule has 0 aromatic rings. The molecule has 0 unspecified atom stereocenters. The second-order valence-corrected chi connectivity index (χ2v) is 6.14. The number of nitrogens with one attached hydrogen (secondary N) is 1. The number of hydrogen-bond donors (Lipinski definition) is 1. The van der Waals surface area contributed by atoms with Gasteiger partial charge in [0.1, 0.15) is 0 Å². The maximum atomic E-state index is 12.2. The van der Waals surface area contributed by atoms with Crippen LogP contribution in [-0.2, 0) is 14.4 Å². The Balaban J connectivity index is 1.58. The van der Waals surface area contributed by atoms with Crippen LogP contribution in [0.4, 0.5) is 4.79 Å². The lowest BCUT2D eigenvalue weighted by atomic mass is 10.1. The molecule has 0 bridgehead atoms. The first-order chi connectivity index (χ1) is 12.5. The average molecular weight is 363 g/mol. The first kappa shape index (κ1) is 19.6. The molecule has 0 radical (unpaired) electrons. The van der Waals surface area contributed by atoms with E-state index in [4.69, 9.17) is 0 Å². The zero-order valence-electron chi connectivity index (χ0n) is 15.0. The molecule has 26 heavy (non-hydrogen) atoms. The third-order valence-electron chi connectivity index (χ3n) is 4.38. The normalized spacial score (nSPS) is 17.5. The van der Waals surface area contributed by atoms with Crippen LogP contribution in [0.15, 0.2) is 17.3 Å². The van der Waals surface area contributed by atoms with Crippen molar-refractivity contribution in [3.8, 4) is 0 Å². The number of hydrogen-bond acceptors (Lipinski definition) is 5. The monoisotopic (exact) mass is 363 g/mol. The molecular formula is C17H25N5O4. The number of urea groups is 1. The summed E-state index contributed by atoms with van der Waals surface area (Å²) in [7, 11) is 0. The fraction of sp³-hybridized carbons (Fsp3) is 0.588. The van der Waals surface area contributed by atoms with Crippen LogP contribution in [0.2, 0.25) is 0 Å². The first-order valence-electron chi connectivity index (χ1n) is 8.87. The van der Waals surface area contributed by atoms with Gasteiger partial charge in [-0.15, -0.1) is 0 Å². The molecule has 0 aromatic carbocycles. The van der Waals surface area contributed by atoms with E-state index in [1.54, 1.807) is 16.7 Å². The topological polar surface area (TPSA) is 102 Å². The summed E-state index contributed by atoms with van der Waals surface area (Å²) in [6.07, 6.45) is 6.68. The van der Waals surface area contributed by atoms with E-state index < -0.39 is 0 Å². The van der Waals surface area contributed by atoms with E-state index in [0.29, 0.717) is 52.0 Å². The predicted octanol–water partition coefficient (Wildman–Crippen LogP) is 0.331. The fourth-order valence-electron chi connectivity index (χ4n) is 2.88. The van der Waals surface area contributed by atoms with E-state index in [1.807, 2.05) is 0 Å². The van der Waals surface area contributed by atoms with Gasteiger partial charge < -0.3 is 9.80 Å². The van der Waals surface area contributed by atoms with Crippen LogP contribution in [0.25, 0.3) is 0 Å². The Morgan fingerprint density at radius 2 is 1.65 bits per heavy atom. The minimum absolute atomic E-state index is 0.0756. The number of nitrogens with zero attached hydrogens (tertiary/aromatic N) is 4. The Labute approximate surface area is 152 Å². The fourth-order valence-corrected chi connectivity index (χ4v) is 2.88. The third-order valence-corrected chi connectivity index (χ3v) is 4.38. The highest BCUT2D eigenvalue weighted by atomic mass is 16.2. The van der Waals surface area contributed by atoms with Crippen LogP contribution in [0, 0.1) is 0 Å². The van der Waals surface area contributed by atoms with Crippen molar-refractivity contribution < 1.29 is 19.2 Å². The molecule has 0 spiro atoms. The van der Waals surface area contributed by atoms with Gasteiger partial charge in [0.25, 0.3) is 11.8 Å². The van der Waals surface area contributed by atoms with Crippen LogP contribution >= 0.6 is 0 Å². The standard InChI is InChI=1S/C17H25N5O4/c1-2-18-19-17(26)21-12-10-20(11-13-21)14(23)6-4-3-5-9-22-15(24)7-8-16(22)25/h2,7-8H,3-6,9-13H2,1H3,(H,19,26)/b18-2+. The number of carbonyl (C=O) groups is 4. The summed E-state index contributed by atoms with van der Waals surface area (Å²) in [5, 5.41) is 3.70. The van der Waals surface area contributed by atoms with Crippen molar-refractivity contribution in [2.45, 2.75) is 32.6 Å². The molecule has 0 atom stereocenters. The minimum atomic E-state index is -0.266. The van der Waals surface area contributed by atoms with Crippen LogP contribution in [0.1, 0.15) is 32.6 Å². The lowest BCUT2D eigenvalue weighted by Crippen LogP contribution is -2.52. The van der Waals surface area contributed by atoms with Gasteiger partial charge >= 0.3 is 6.03 Å². The molecule has 9 heteroatoms. The van der Waals surface area contributed by atoms with Crippen LogP contribution in [-0.4, -0.2) is 77.4 Å². The van der Waals surface area contributed by atoms with Gasteiger partial charge in [-0.25, -0.2) is 10.2 Å². The van der Waals surface area contributed by atoms with Crippen molar-refractivity contribution in [1.29, 1.82) is 0 Å². The largest absolute Gasteiger partial charge is 0.339 e. The lowest BCUT2D eigenvalue weighted by molar-refractivity contribution is -0.137. The molecule has 2 aliphatic rings. The third kappa shape index (κ3) is 5.40. The predicted molar refractivity (Wildman–Crippen MR) is 95.2 cm³/mol. The summed E-state index contributed by atoms with van der Waals surface area (Å²) >= 11 is 0. The van der Waals surface area contributed by atoms with Gasteiger partial charge in [0, 0.05) is 57.5 Å². The molecule has 0 saturated carbocycles. The number of unbranched alkanes of at least 4 members (excludes halogenated alkanes) is 2. The highest BCUT2D eigenvalue weighted by Gasteiger charge is 2.24. The van der Waals surface area contributed by atoms with E-state index in [-0.39, 0.29) is 23.8 Å². The molecule has 5 amide bonds. The van der Waals surface area contributed by atoms with E-state index in [9.17, 15) is 19.2 Å². The minimum Gasteiger partial charge on any atom is -0.339 e. The van der Waals surface area contributed by atoms with Crippen LogP contribution < -0.4 is 5.43 Å². The molecule has 2 aliphatic heterocycles. The first-order valence-corrected chi connectivity index (χ1v) is 8.87. The molecular weight excluding hydrogens is 338 g/mol. The van der Waals surface area contributed by atoms with Crippen molar-refractivity contribution in [2.75, 3.05) is 32.7 Å². The molecule has 1 fully saturated rings. The molecule has 2 rings (SSSR count). The summed E-state index contributed by atoms with van der Waals surface area (Å²) in [6.45, 7) is 4.13. The Morgan fingerprint density at radius 1 is 1.04 bits per heavy atom. The maximum absolute atomic E-state index is 12.2. The van der Waals surface area contributed by atoms with Crippen molar-refractivity contribution in [3.63, 3.8) is 0 Å². The number of carbonyl (C=O) groups excluding carboxylic acids is 4. The van der Waals surface area contributed by atoms with Gasteiger partial charge in [-0.2, -0.15) is 5.10 Å². The molecule has 1 saturated heterocycles. The van der Waals surface area contributed by atoms with Gasteiger partial charge in [0.05, 0.1) is 0 Å². The molecule has 0 aromatic heterocycles. The zero-order valence-corrected chi connectivity index (χ0v) is 15.0. The summed E-state index contributed by atoms with van der Waals surface area (Å²) in [6, 6.07) is -0.254. The molecule has 1 N–H and O–H groups in total. The molecule has 9 nitrogen and oxygen atoms in total. The van der Waals surface area contributed by atoms with Crippen molar-refractivity contribution in [2.24, 2.45) is 5.10 Å². The molecule has 0 aliphatic carbocycles. The van der Waals surface area contributed by atoms with E-state index in [2.05, 4.69) is 10.5 Å². The summed E-state index contributed by atoms with van der Waals surface area (Å²) in [5.41, 5.74) is 2.42. The smallest absolute Gasteiger partial charge is 0.337 e. The van der Waals surface area contributed by atoms with E-state index in [0.717, 1.165) is 6.42 Å². The Bertz CT molecular complexity index is 590. The lowest BCUT2D eigenvalue weighted by Gasteiger charge is -2.34. The van der Waals surface area contributed by atoms with Crippen LogP contribution in [0.5, 0.6) is 0 Å². The number of imide groups is 1. The highest BCUT2D eigenvalue weighted by molar-refractivity contribution is 6.12. The second-order valence-electron chi connectivity index (χ2n) is 6.14. The second kappa shape index (κ2) is 9.69. The van der Waals surface area contributed by atoms with E-state index in [1.165, 1.54) is 23.3 Å². The summed E-state index contributed by atoms with van der Waals surface area (Å²) < 4.78 is 0. The molecule has 142 valence electrons. The molecule has 2 heterocycles. The van der Waals surface area contributed by atoms with Crippen molar-refractivity contribution >= 4 is 30.0 Å². The van der Waals surface area contributed by atoms with Gasteiger partial charge in [0.15, 0.2) is 0 Å². The number of hydrazone groups is 1. The Kier molecular flexibility index (Phi) is 7.31. The average Bonchev–Trinajstić information content (AvgIpc) is 2.97. The van der Waals surface area contributed by atoms with Crippen molar-refractivity contribution in [3.05, 3.63) is 12.2 Å². The number of rotatable bonds is 7. The highest BCUT2D eigenvalue weighted by Crippen LogP contribution is 2.10. The van der Waals surface area contributed by atoms with Gasteiger partial charge in [0.2, 0.25) is 5.91 Å². The van der Waals surface area contributed by atoms with Crippen LogP contribution in [0.3, 0.4) is 0 Å². The zero-order chi connectivity index (χ0) is 18.9. The Morgan fingerprint density at radius 3 is 2.27 bits per heavy atom. The quantitative estimate of drug-likeness (QED) is 0.305. The number of amides is 5. The van der Waals surface area contributed by atoms with Gasteiger partial charge in [-0.1, -0.05) is 6.42 Å². The Hall–Kier alpha value is -2.71. The van der Waals surface area contributed by atoms with Gasteiger partial charge in [-0.05, 0) is 19.8 Å². The maximum Gasteiger partial charge on any atom is 0.337 e. The summed E-state index contributed by atoms with van der Waals surface area (Å²) in [4.78, 5) is 51.4. The number of piperazine rings is 1. The van der Waals surface area contributed by atoms with E-state index >= 15 is 0 Å². The summed E-state index contributed by atoms with van der Waals surface area (Å²) in [5.74, 6) is -0.457. The SMILES string of the molecule is C/C=N/NC(=O)N1CCN(C(=O)CCCCCN2C(=O)C=CC2=O)CC1.